The predicted molar refractivity (Wildman–Crippen MR) is 49.2 cm³/mol. The molecule has 2 unspecified atom stereocenters. The lowest BCUT2D eigenvalue weighted by Crippen LogP contribution is -2.54. The first-order valence-electron chi connectivity index (χ1n) is 4.95. The molecular formula is C10H19NO. The summed E-state index contributed by atoms with van der Waals surface area (Å²) in [5.41, 5.74) is 0.329. The molecule has 2 rings (SSSR count). The molecule has 2 nitrogen and oxygen atoms in total. The Morgan fingerprint density at radius 1 is 1.08 bits per heavy atom. The van der Waals surface area contributed by atoms with Gasteiger partial charge in [-0.3, -0.25) is 4.90 Å². The molecule has 2 heterocycles. The minimum atomic E-state index is 0.329. The van der Waals surface area contributed by atoms with E-state index in [1.807, 2.05) is 0 Å². The van der Waals surface area contributed by atoms with E-state index in [4.69, 9.17) is 4.74 Å². The molecule has 0 N–H and O–H groups in total. The van der Waals surface area contributed by atoms with Crippen LogP contribution in [0.4, 0.5) is 0 Å². The number of fused-ring (bicyclic) bond motifs is 2. The molecular weight excluding hydrogens is 150 g/mol. The number of rotatable bonds is 0. The summed E-state index contributed by atoms with van der Waals surface area (Å²) < 4.78 is 5.54. The lowest BCUT2D eigenvalue weighted by atomic mass is 10.0. The summed E-state index contributed by atoms with van der Waals surface area (Å²) in [5.74, 6) is 0. The van der Waals surface area contributed by atoms with Gasteiger partial charge in [-0.15, -0.1) is 0 Å². The standard InChI is InChI=1S/C10H19NO/c1-10(2,3)11-8-4-5-9(11)7-12-6-8/h8-9H,4-7H2,1-3H3. The van der Waals surface area contributed by atoms with E-state index in [1.54, 1.807) is 0 Å². The Labute approximate surface area is 74.9 Å². The maximum absolute atomic E-state index is 5.54. The lowest BCUT2D eigenvalue weighted by molar-refractivity contribution is -0.0565. The molecule has 2 aliphatic heterocycles. The van der Waals surface area contributed by atoms with Gasteiger partial charge in [0.15, 0.2) is 0 Å². The second-order valence-electron chi connectivity index (χ2n) is 5.00. The van der Waals surface area contributed by atoms with Gasteiger partial charge in [0, 0.05) is 17.6 Å². The van der Waals surface area contributed by atoms with Gasteiger partial charge in [0.1, 0.15) is 0 Å². The summed E-state index contributed by atoms with van der Waals surface area (Å²) in [6, 6.07) is 1.40. The molecule has 0 aromatic carbocycles. The fraction of sp³-hybridized carbons (Fsp3) is 1.00. The molecule has 2 bridgehead atoms. The number of morpholine rings is 1. The van der Waals surface area contributed by atoms with E-state index in [0.717, 1.165) is 13.2 Å². The van der Waals surface area contributed by atoms with Crippen LogP contribution in [0, 0.1) is 0 Å². The van der Waals surface area contributed by atoms with Crippen LogP contribution < -0.4 is 0 Å². The highest BCUT2D eigenvalue weighted by atomic mass is 16.5. The summed E-state index contributed by atoms with van der Waals surface area (Å²) in [7, 11) is 0. The van der Waals surface area contributed by atoms with Crippen LogP contribution >= 0.6 is 0 Å². The van der Waals surface area contributed by atoms with Crippen molar-refractivity contribution in [3.63, 3.8) is 0 Å². The van der Waals surface area contributed by atoms with Gasteiger partial charge in [-0.25, -0.2) is 0 Å². The first-order valence-corrected chi connectivity index (χ1v) is 4.95. The van der Waals surface area contributed by atoms with Crippen molar-refractivity contribution in [2.45, 2.75) is 51.2 Å². The van der Waals surface area contributed by atoms with E-state index >= 15 is 0 Å². The zero-order valence-corrected chi connectivity index (χ0v) is 8.34. The molecule has 0 aliphatic carbocycles. The van der Waals surface area contributed by atoms with Crippen LogP contribution in [0.2, 0.25) is 0 Å². The van der Waals surface area contributed by atoms with Crippen molar-refractivity contribution in [1.82, 2.24) is 4.90 Å². The maximum Gasteiger partial charge on any atom is 0.0622 e. The van der Waals surface area contributed by atoms with E-state index in [1.165, 1.54) is 12.8 Å². The minimum Gasteiger partial charge on any atom is -0.378 e. The Balaban J connectivity index is 2.15. The van der Waals surface area contributed by atoms with Gasteiger partial charge in [-0.2, -0.15) is 0 Å². The third-order valence-corrected chi connectivity index (χ3v) is 3.01. The van der Waals surface area contributed by atoms with Crippen molar-refractivity contribution < 1.29 is 4.74 Å². The molecule has 0 radical (unpaired) electrons. The number of ether oxygens (including phenoxy) is 1. The lowest BCUT2D eigenvalue weighted by Gasteiger charge is -2.44. The average molecular weight is 169 g/mol. The highest BCUT2D eigenvalue weighted by Gasteiger charge is 2.42. The fourth-order valence-corrected chi connectivity index (χ4v) is 2.72. The average Bonchev–Trinajstić information content (AvgIpc) is 2.23. The molecule has 2 saturated heterocycles. The monoisotopic (exact) mass is 169 g/mol. The smallest absolute Gasteiger partial charge is 0.0622 e. The van der Waals surface area contributed by atoms with Crippen molar-refractivity contribution >= 4 is 0 Å². The molecule has 0 aromatic rings. The number of nitrogens with zero attached hydrogens (tertiary/aromatic N) is 1. The number of hydrogen-bond donors (Lipinski definition) is 0. The second-order valence-corrected chi connectivity index (χ2v) is 5.00. The van der Waals surface area contributed by atoms with Gasteiger partial charge in [0.05, 0.1) is 13.2 Å². The number of hydrogen-bond acceptors (Lipinski definition) is 2. The Morgan fingerprint density at radius 3 is 1.92 bits per heavy atom. The van der Waals surface area contributed by atoms with Gasteiger partial charge in [0.25, 0.3) is 0 Å². The van der Waals surface area contributed by atoms with Crippen LogP contribution in [-0.2, 0) is 4.74 Å². The van der Waals surface area contributed by atoms with E-state index < -0.39 is 0 Å². The van der Waals surface area contributed by atoms with Crippen LogP contribution in [0.3, 0.4) is 0 Å². The molecule has 12 heavy (non-hydrogen) atoms. The predicted octanol–water partition coefficient (Wildman–Crippen LogP) is 1.65. The molecule has 2 atom stereocenters. The zero-order valence-electron chi connectivity index (χ0n) is 8.34. The molecule has 70 valence electrons. The fourth-order valence-electron chi connectivity index (χ4n) is 2.72. The Hall–Kier alpha value is -0.0800. The molecule has 2 heteroatoms. The van der Waals surface area contributed by atoms with Crippen LogP contribution in [0.5, 0.6) is 0 Å². The zero-order chi connectivity index (χ0) is 8.77. The van der Waals surface area contributed by atoms with Crippen molar-refractivity contribution in [2.24, 2.45) is 0 Å². The third-order valence-electron chi connectivity index (χ3n) is 3.01. The first kappa shape index (κ1) is 8.52. The molecule has 2 fully saturated rings. The van der Waals surface area contributed by atoms with E-state index in [9.17, 15) is 0 Å². The second kappa shape index (κ2) is 2.71. The summed E-state index contributed by atoms with van der Waals surface area (Å²) in [6.45, 7) is 8.83. The molecule has 0 saturated carbocycles. The Kier molecular flexibility index (Phi) is 1.92. The Morgan fingerprint density at radius 2 is 1.58 bits per heavy atom. The normalized spacial score (nSPS) is 37.2. The van der Waals surface area contributed by atoms with Gasteiger partial charge in [-0.1, -0.05) is 0 Å². The summed E-state index contributed by atoms with van der Waals surface area (Å²) in [6.07, 6.45) is 2.67. The van der Waals surface area contributed by atoms with Crippen molar-refractivity contribution in [3.05, 3.63) is 0 Å². The topological polar surface area (TPSA) is 12.5 Å². The van der Waals surface area contributed by atoms with Crippen molar-refractivity contribution in [2.75, 3.05) is 13.2 Å². The molecule has 0 spiro atoms. The maximum atomic E-state index is 5.54. The molecule has 0 aromatic heterocycles. The van der Waals surface area contributed by atoms with E-state index in [2.05, 4.69) is 25.7 Å². The van der Waals surface area contributed by atoms with Gasteiger partial charge >= 0.3 is 0 Å². The SMILES string of the molecule is CC(C)(C)N1C2CCC1COC2. The molecule has 0 amide bonds. The Bertz CT molecular complexity index is 157. The van der Waals surface area contributed by atoms with E-state index in [0.29, 0.717) is 17.6 Å². The van der Waals surface area contributed by atoms with Crippen molar-refractivity contribution in [3.8, 4) is 0 Å². The van der Waals surface area contributed by atoms with Gasteiger partial charge < -0.3 is 4.74 Å². The van der Waals surface area contributed by atoms with Crippen molar-refractivity contribution in [1.29, 1.82) is 0 Å². The molecule has 2 aliphatic rings. The van der Waals surface area contributed by atoms with E-state index in [-0.39, 0.29) is 0 Å². The van der Waals surface area contributed by atoms with Crippen LogP contribution in [-0.4, -0.2) is 35.7 Å². The van der Waals surface area contributed by atoms with Gasteiger partial charge in [-0.05, 0) is 33.6 Å². The van der Waals surface area contributed by atoms with Crippen LogP contribution in [0.1, 0.15) is 33.6 Å². The minimum absolute atomic E-state index is 0.329. The third kappa shape index (κ3) is 1.27. The summed E-state index contributed by atoms with van der Waals surface area (Å²) in [4.78, 5) is 2.65. The first-order chi connectivity index (χ1) is 5.59. The summed E-state index contributed by atoms with van der Waals surface area (Å²) >= 11 is 0. The van der Waals surface area contributed by atoms with Crippen LogP contribution in [0.15, 0.2) is 0 Å². The van der Waals surface area contributed by atoms with Gasteiger partial charge in [0.2, 0.25) is 0 Å². The highest BCUT2D eigenvalue weighted by Crippen LogP contribution is 2.34. The largest absolute Gasteiger partial charge is 0.378 e. The van der Waals surface area contributed by atoms with Crippen LogP contribution in [0.25, 0.3) is 0 Å². The summed E-state index contributed by atoms with van der Waals surface area (Å²) in [5, 5.41) is 0. The quantitative estimate of drug-likeness (QED) is 0.546. The highest BCUT2D eigenvalue weighted by molar-refractivity contribution is 4.96.